The summed E-state index contributed by atoms with van der Waals surface area (Å²) in [6, 6.07) is 0. The zero-order valence-electron chi connectivity index (χ0n) is 6.07. The highest BCUT2D eigenvalue weighted by Crippen LogP contribution is 2.35. The standard InChI is InChI=1S/C7H6Cl2OS/c1-3-5(4(2)10)7(9)11-6(3)8/h1-2H3. The Morgan fingerprint density at radius 2 is 1.91 bits per heavy atom. The van der Waals surface area contributed by atoms with Crippen LogP contribution in [-0.4, -0.2) is 5.78 Å². The Balaban J connectivity index is 3.34. The lowest BCUT2D eigenvalue weighted by Gasteiger charge is -1.92. The summed E-state index contributed by atoms with van der Waals surface area (Å²) in [5.74, 6) is -0.0318. The van der Waals surface area contributed by atoms with Crippen molar-refractivity contribution < 1.29 is 4.79 Å². The molecule has 0 saturated heterocycles. The van der Waals surface area contributed by atoms with Gasteiger partial charge < -0.3 is 0 Å². The van der Waals surface area contributed by atoms with Gasteiger partial charge in [0.25, 0.3) is 0 Å². The van der Waals surface area contributed by atoms with Crippen LogP contribution >= 0.6 is 34.5 Å². The second-order valence-corrected chi connectivity index (χ2v) is 4.43. The van der Waals surface area contributed by atoms with E-state index in [1.54, 1.807) is 6.92 Å². The summed E-state index contributed by atoms with van der Waals surface area (Å²) in [5, 5.41) is 0. The quantitative estimate of drug-likeness (QED) is 0.646. The maximum absolute atomic E-state index is 11.0. The van der Waals surface area contributed by atoms with Gasteiger partial charge in [0.2, 0.25) is 0 Å². The van der Waals surface area contributed by atoms with Crippen molar-refractivity contribution in [2.75, 3.05) is 0 Å². The van der Waals surface area contributed by atoms with Gasteiger partial charge >= 0.3 is 0 Å². The van der Waals surface area contributed by atoms with E-state index in [4.69, 9.17) is 23.2 Å². The Morgan fingerprint density at radius 3 is 2.09 bits per heavy atom. The average Bonchev–Trinajstić information content (AvgIpc) is 2.07. The lowest BCUT2D eigenvalue weighted by atomic mass is 10.1. The van der Waals surface area contributed by atoms with Crippen LogP contribution in [-0.2, 0) is 0 Å². The van der Waals surface area contributed by atoms with Crippen molar-refractivity contribution in [3.8, 4) is 0 Å². The summed E-state index contributed by atoms with van der Waals surface area (Å²) < 4.78 is 1.08. The van der Waals surface area contributed by atoms with Gasteiger partial charge in [0.05, 0.1) is 9.90 Å². The number of carbonyl (C=O) groups excluding carboxylic acids is 1. The van der Waals surface area contributed by atoms with Crippen LogP contribution in [0.4, 0.5) is 0 Å². The van der Waals surface area contributed by atoms with Gasteiger partial charge in [0, 0.05) is 0 Å². The van der Waals surface area contributed by atoms with Gasteiger partial charge in [0.1, 0.15) is 4.34 Å². The summed E-state index contributed by atoms with van der Waals surface area (Å²) in [5.41, 5.74) is 1.34. The minimum absolute atomic E-state index is 0.0318. The van der Waals surface area contributed by atoms with Crippen LogP contribution in [0.3, 0.4) is 0 Å². The average molecular weight is 209 g/mol. The predicted molar refractivity (Wildman–Crippen MR) is 49.1 cm³/mol. The first-order chi connectivity index (χ1) is 5.04. The fourth-order valence-electron chi connectivity index (χ4n) is 0.854. The minimum Gasteiger partial charge on any atom is -0.294 e. The van der Waals surface area contributed by atoms with Gasteiger partial charge in [-0.15, -0.1) is 11.3 Å². The second kappa shape index (κ2) is 3.13. The summed E-state index contributed by atoms with van der Waals surface area (Å²) in [6.07, 6.45) is 0. The summed E-state index contributed by atoms with van der Waals surface area (Å²) in [6.45, 7) is 3.28. The number of thiophene rings is 1. The molecule has 1 aromatic heterocycles. The van der Waals surface area contributed by atoms with Crippen molar-refractivity contribution in [3.63, 3.8) is 0 Å². The molecule has 1 nitrogen and oxygen atoms in total. The molecule has 4 heteroatoms. The van der Waals surface area contributed by atoms with Crippen molar-refractivity contribution in [3.05, 3.63) is 19.8 Å². The monoisotopic (exact) mass is 208 g/mol. The van der Waals surface area contributed by atoms with Gasteiger partial charge in [-0.1, -0.05) is 23.2 Å². The molecule has 0 spiro atoms. The molecule has 1 rings (SSSR count). The van der Waals surface area contributed by atoms with Crippen molar-refractivity contribution in [2.24, 2.45) is 0 Å². The number of rotatable bonds is 1. The van der Waals surface area contributed by atoms with E-state index in [1.807, 2.05) is 0 Å². The number of Topliss-reactive ketones (excluding diaryl/α,β-unsaturated/α-hetero) is 1. The van der Waals surface area contributed by atoms with Crippen molar-refractivity contribution in [1.82, 2.24) is 0 Å². The highest BCUT2D eigenvalue weighted by Gasteiger charge is 2.15. The lowest BCUT2D eigenvalue weighted by molar-refractivity contribution is 0.101. The van der Waals surface area contributed by atoms with Crippen LogP contribution in [0.2, 0.25) is 8.67 Å². The molecule has 0 atom stereocenters. The molecule has 0 N–H and O–H groups in total. The molecular weight excluding hydrogens is 203 g/mol. The zero-order valence-corrected chi connectivity index (χ0v) is 8.40. The lowest BCUT2D eigenvalue weighted by Crippen LogP contribution is -1.92. The van der Waals surface area contributed by atoms with E-state index < -0.39 is 0 Å². The van der Waals surface area contributed by atoms with E-state index >= 15 is 0 Å². The van der Waals surface area contributed by atoms with E-state index in [0.717, 1.165) is 5.56 Å². The first-order valence-corrected chi connectivity index (χ1v) is 4.56. The van der Waals surface area contributed by atoms with Gasteiger partial charge in [-0.2, -0.15) is 0 Å². The Morgan fingerprint density at radius 1 is 1.36 bits per heavy atom. The third-order valence-corrected chi connectivity index (χ3v) is 3.20. The number of ketones is 1. The number of hydrogen-bond donors (Lipinski definition) is 0. The van der Waals surface area contributed by atoms with Crippen LogP contribution in [0.15, 0.2) is 0 Å². The maximum Gasteiger partial charge on any atom is 0.162 e. The van der Waals surface area contributed by atoms with E-state index in [9.17, 15) is 4.79 Å². The van der Waals surface area contributed by atoms with E-state index in [2.05, 4.69) is 0 Å². The van der Waals surface area contributed by atoms with E-state index in [0.29, 0.717) is 14.2 Å². The normalized spacial score (nSPS) is 10.2. The van der Waals surface area contributed by atoms with Crippen LogP contribution in [0, 0.1) is 6.92 Å². The molecule has 0 unspecified atom stereocenters. The fraction of sp³-hybridized carbons (Fsp3) is 0.286. The summed E-state index contributed by atoms with van der Waals surface area (Å²) in [4.78, 5) is 11.0. The van der Waals surface area contributed by atoms with Gasteiger partial charge in [0.15, 0.2) is 5.78 Å². The number of halogens is 2. The topological polar surface area (TPSA) is 17.1 Å². The second-order valence-electron chi connectivity index (χ2n) is 2.21. The number of carbonyl (C=O) groups is 1. The van der Waals surface area contributed by atoms with Crippen molar-refractivity contribution in [2.45, 2.75) is 13.8 Å². The molecule has 0 fully saturated rings. The zero-order chi connectivity index (χ0) is 8.59. The molecule has 0 amide bonds. The first kappa shape index (κ1) is 9.04. The molecule has 0 aliphatic rings. The first-order valence-electron chi connectivity index (χ1n) is 2.99. The van der Waals surface area contributed by atoms with Crippen LogP contribution < -0.4 is 0 Å². The van der Waals surface area contributed by atoms with Gasteiger partial charge in [-0.3, -0.25) is 4.79 Å². The molecule has 0 aliphatic carbocycles. The smallest absolute Gasteiger partial charge is 0.162 e. The maximum atomic E-state index is 11.0. The van der Waals surface area contributed by atoms with Crippen LogP contribution in [0.5, 0.6) is 0 Å². The molecule has 11 heavy (non-hydrogen) atoms. The van der Waals surface area contributed by atoms with Gasteiger partial charge in [-0.05, 0) is 19.4 Å². The predicted octanol–water partition coefficient (Wildman–Crippen LogP) is 3.57. The molecule has 0 bridgehead atoms. The SMILES string of the molecule is CC(=O)c1c(Cl)sc(Cl)c1C. The molecule has 1 heterocycles. The van der Waals surface area contributed by atoms with Crippen LogP contribution in [0.1, 0.15) is 22.8 Å². The largest absolute Gasteiger partial charge is 0.294 e. The molecule has 60 valence electrons. The Kier molecular flexibility index (Phi) is 2.58. The highest BCUT2D eigenvalue weighted by atomic mass is 35.5. The highest BCUT2D eigenvalue weighted by molar-refractivity contribution is 7.20. The van der Waals surface area contributed by atoms with E-state index in [1.165, 1.54) is 18.3 Å². The third kappa shape index (κ3) is 1.58. The Labute approximate surface area is 78.9 Å². The van der Waals surface area contributed by atoms with Crippen molar-refractivity contribution >= 4 is 40.3 Å². The molecule has 0 saturated carbocycles. The summed E-state index contributed by atoms with van der Waals surface area (Å²) in [7, 11) is 0. The molecule has 0 aliphatic heterocycles. The molecule has 0 aromatic carbocycles. The molecule has 0 radical (unpaired) electrons. The summed E-state index contributed by atoms with van der Waals surface area (Å²) >= 11 is 12.8. The Hall–Kier alpha value is -0.0500. The number of hydrogen-bond acceptors (Lipinski definition) is 2. The molecule has 1 aromatic rings. The molecular formula is C7H6Cl2OS. The van der Waals surface area contributed by atoms with Crippen molar-refractivity contribution in [1.29, 1.82) is 0 Å². The van der Waals surface area contributed by atoms with E-state index in [-0.39, 0.29) is 5.78 Å². The fourth-order valence-corrected chi connectivity index (χ4v) is 2.62. The third-order valence-electron chi connectivity index (χ3n) is 1.40. The van der Waals surface area contributed by atoms with Crippen LogP contribution in [0.25, 0.3) is 0 Å². The van der Waals surface area contributed by atoms with Gasteiger partial charge in [-0.25, -0.2) is 0 Å². The Bertz CT molecular complexity index is 304. The minimum atomic E-state index is -0.0318.